The van der Waals surface area contributed by atoms with E-state index in [2.05, 4.69) is 0 Å². The zero-order valence-electron chi connectivity index (χ0n) is 8.04. The van der Waals surface area contributed by atoms with Gasteiger partial charge in [0.25, 0.3) is 0 Å². The number of rotatable bonds is 5. The van der Waals surface area contributed by atoms with Crippen molar-refractivity contribution in [2.75, 3.05) is 0 Å². The van der Waals surface area contributed by atoms with Gasteiger partial charge in [-0.1, -0.05) is 19.8 Å². The molecule has 2 N–H and O–H groups in total. The van der Waals surface area contributed by atoms with Crippen molar-refractivity contribution in [3.63, 3.8) is 0 Å². The minimum Gasteiger partial charge on any atom is -0.320 e. The van der Waals surface area contributed by atoms with Crippen LogP contribution in [0.25, 0.3) is 0 Å². The molecule has 0 bridgehead atoms. The Morgan fingerprint density at radius 1 is 1.67 bits per heavy atom. The molecule has 0 heterocycles. The van der Waals surface area contributed by atoms with E-state index in [-0.39, 0.29) is 4.92 Å². The van der Waals surface area contributed by atoms with Crippen LogP contribution in [0.15, 0.2) is 0 Å². The summed E-state index contributed by atoms with van der Waals surface area (Å²) in [5.74, 6) is 0. The lowest BCUT2D eigenvalue weighted by Crippen LogP contribution is -2.50. The molecule has 2 atom stereocenters. The van der Waals surface area contributed by atoms with Crippen LogP contribution in [0.1, 0.15) is 40.0 Å². The van der Waals surface area contributed by atoms with Crippen molar-refractivity contribution >= 4 is 0 Å². The van der Waals surface area contributed by atoms with Crippen LogP contribution in [0.4, 0.5) is 0 Å². The van der Waals surface area contributed by atoms with Gasteiger partial charge in [-0.25, -0.2) is 0 Å². The fraction of sp³-hybridized carbons (Fsp3) is 1.00. The fourth-order valence-corrected chi connectivity index (χ4v) is 1.01. The van der Waals surface area contributed by atoms with Gasteiger partial charge < -0.3 is 5.73 Å². The molecule has 12 heavy (non-hydrogen) atoms. The first-order chi connectivity index (χ1) is 5.41. The number of hydrogen-bond donors (Lipinski definition) is 1. The Bertz CT molecular complexity index is 157. The minimum absolute atomic E-state index is 0.310. The Balaban J connectivity index is 4.08. The molecule has 0 aromatic rings. The van der Waals surface area contributed by atoms with Crippen molar-refractivity contribution in [3.05, 3.63) is 10.1 Å². The van der Waals surface area contributed by atoms with Gasteiger partial charge in [0.15, 0.2) is 0 Å². The summed E-state index contributed by atoms with van der Waals surface area (Å²) in [6, 6.07) is -0.663. The van der Waals surface area contributed by atoms with Crippen molar-refractivity contribution in [2.24, 2.45) is 5.73 Å². The zero-order valence-corrected chi connectivity index (χ0v) is 8.04. The van der Waals surface area contributed by atoms with E-state index < -0.39 is 11.6 Å². The number of hydrogen-bond acceptors (Lipinski definition) is 3. The molecule has 0 rings (SSSR count). The molecular formula is C8H18N2O2. The van der Waals surface area contributed by atoms with Gasteiger partial charge in [-0.15, -0.1) is 0 Å². The molecule has 0 aromatic carbocycles. The minimum atomic E-state index is -0.667. The highest BCUT2D eigenvalue weighted by atomic mass is 16.6. The number of nitro groups is 1. The van der Waals surface area contributed by atoms with E-state index in [0.717, 1.165) is 12.8 Å². The van der Waals surface area contributed by atoms with Crippen molar-refractivity contribution in [2.45, 2.75) is 51.6 Å². The second-order valence-electron chi connectivity index (χ2n) is 3.57. The third kappa shape index (κ3) is 3.17. The molecule has 0 aliphatic heterocycles. The lowest BCUT2D eigenvalue weighted by Gasteiger charge is -2.25. The van der Waals surface area contributed by atoms with Gasteiger partial charge in [0.2, 0.25) is 6.04 Å². The summed E-state index contributed by atoms with van der Waals surface area (Å²) >= 11 is 0. The maximum Gasteiger partial charge on any atom is 0.227 e. The quantitative estimate of drug-likeness (QED) is 0.508. The third-order valence-electron chi connectivity index (χ3n) is 2.34. The van der Waals surface area contributed by atoms with Gasteiger partial charge in [0.05, 0.1) is 5.54 Å². The number of nitrogens with two attached hydrogens (primary N) is 1. The van der Waals surface area contributed by atoms with Crippen LogP contribution in [0.3, 0.4) is 0 Å². The van der Waals surface area contributed by atoms with E-state index in [1.807, 2.05) is 6.92 Å². The summed E-state index contributed by atoms with van der Waals surface area (Å²) in [4.78, 5) is 10.1. The Hall–Kier alpha value is -0.640. The molecule has 0 saturated carbocycles. The predicted molar refractivity (Wildman–Crippen MR) is 48.6 cm³/mol. The summed E-state index contributed by atoms with van der Waals surface area (Å²) in [6.45, 7) is 5.36. The predicted octanol–water partition coefficient (Wildman–Crippen LogP) is 1.56. The number of nitrogens with zero attached hydrogens (tertiary/aromatic N) is 1. The van der Waals surface area contributed by atoms with Gasteiger partial charge in [-0.05, 0) is 13.3 Å². The smallest absolute Gasteiger partial charge is 0.227 e. The zero-order chi connectivity index (χ0) is 9.78. The topological polar surface area (TPSA) is 69.2 Å². The standard InChI is InChI=1S/C8H18N2O2/c1-4-5-6-8(3,9)7(2)10(11)12/h7H,4-6,9H2,1-3H3. The van der Waals surface area contributed by atoms with Gasteiger partial charge in [-0.3, -0.25) is 10.1 Å². The lowest BCUT2D eigenvalue weighted by molar-refractivity contribution is -0.528. The van der Waals surface area contributed by atoms with Crippen LogP contribution in [0, 0.1) is 10.1 Å². The maximum absolute atomic E-state index is 10.4. The van der Waals surface area contributed by atoms with Crippen LogP contribution in [0.5, 0.6) is 0 Å². The van der Waals surface area contributed by atoms with Gasteiger partial charge in [0.1, 0.15) is 0 Å². The first-order valence-electron chi connectivity index (χ1n) is 4.34. The van der Waals surface area contributed by atoms with E-state index >= 15 is 0 Å². The fourth-order valence-electron chi connectivity index (χ4n) is 1.01. The van der Waals surface area contributed by atoms with E-state index in [1.165, 1.54) is 0 Å². The van der Waals surface area contributed by atoms with Crippen molar-refractivity contribution in [1.29, 1.82) is 0 Å². The van der Waals surface area contributed by atoms with Crippen LogP contribution in [-0.4, -0.2) is 16.5 Å². The summed E-state index contributed by atoms with van der Waals surface area (Å²) in [7, 11) is 0. The summed E-state index contributed by atoms with van der Waals surface area (Å²) in [5.41, 5.74) is 5.14. The van der Waals surface area contributed by atoms with Crippen LogP contribution < -0.4 is 5.73 Å². The first kappa shape index (κ1) is 11.4. The Labute approximate surface area is 73.3 Å². The molecule has 0 aromatic heterocycles. The molecule has 0 amide bonds. The maximum atomic E-state index is 10.4. The van der Waals surface area contributed by atoms with Crippen molar-refractivity contribution < 1.29 is 4.92 Å². The van der Waals surface area contributed by atoms with E-state index in [9.17, 15) is 10.1 Å². The summed E-state index contributed by atoms with van der Waals surface area (Å²) in [6.07, 6.45) is 2.69. The molecule has 72 valence electrons. The highest BCUT2D eigenvalue weighted by Crippen LogP contribution is 2.16. The molecule has 2 unspecified atom stereocenters. The first-order valence-corrected chi connectivity index (χ1v) is 4.34. The molecule has 0 saturated heterocycles. The average molecular weight is 174 g/mol. The Kier molecular flexibility index (Phi) is 4.17. The molecule has 0 fully saturated rings. The molecule has 4 nitrogen and oxygen atoms in total. The SMILES string of the molecule is CCCCC(C)(N)C(C)[N+](=O)[O-]. The molecule has 0 spiro atoms. The van der Waals surface area contributed by atoms with E-state index in [1.54, 1.807) is 13.8 Å². The monoisotopic (exact) mass is 174 g/mol. The third-order valence-corrected chi connectivity index (χ3v) is 2.34. The van der Waals surface area contributed by atoms with Crippen LogP contribution in [-0.2, 0) is 0 Å². The second-order valence-corrected chi connectivity index (χ2v) is 3.57. The largest absolute Gasteiger partial charge is 0.320 e. The van der Waals surface area contributed by atoms with Crippen molar-refractivity contribution in [3.8, 4) is 0 Å². The number of unbranched alkanes of at least 4 members (excludes halogenated alkanes) is 1. The molecule has 0 aliphatic rings. The normalized spacial score (nSPS) is 18.3. The highest BCUT2D eigenvalue weighted by molar-refractivity contribution is 4.84. The van der Waals surface area contributed by atoms with Crippen molar-refractivity contribution in [1.82, 2.24) is 0 Å². The average Bonchev–Trinajstić information content (AvgIpc) is 1.99. The molecular weight excluding hydrogens is 156 g/mol. The molecule has 4 heteroatoms. The highest BCUT2D eigenvalue weighted by Gasteiger charge is 2.34. The van der Waals surface area contributed by atoms with Crippen LogP contribution >= 0.6 is 0 Å². The molecule has 0 radical (unpaired) electrons. The van der Waals surface area contributed by atoms with E-state index in [0.29, 0.717) is 6.42 Å². The summed E-state index contributed by atoms with van der Waals surface area (Å²) in [5, 5.41) is 10.4. The van der Waals surface area contributed by atoms with Gasteiger partial charge >= 0.3 is 0 Å². The second kappa shape index (κ2) is 4.40. The Morgan fingerprint density at radius 3 is 2.50 bits per heavy atom. The summed E-state index contributed by atoms with van der Waals surface area (Å²) < 4.78 is 0. The lowest BCUT2D eigenvalue weighted by atomic mass is 9.89. The van der Waals surface area contributed by atoms with Crippen LogP contribution in [0.2, 0.25) is 0 Å². The van der Waals surface area contributed by atoms with Gasteiger partial charge in [0, 0.05) is 11.8 Å². The molecule has 0 aliphatic carbocycles. The van der Waals surface area contributed by atoms with Gasteiger partial charge in [-0.2, -0.15) is 0 Å². The Morgan fingerprint density at radius 2 is 2.17 bits per heavy atom. The van der Waals surface area contributed by atoms with E-state index in [4.69, 9.17) is 5.73 Å².